The fourth-order valence-corrected chi connectivity index (χ4v) is 1.38. The number of nitrogens with zero attached hydrogens (tertiary/aromatic N) is 3. The summed E-state index contributed by atoms with van der Waals surface area (Å²) in [6, 6.07) is 11.5. The molecule has 0 aliphatic heterocycles. The zero-order valence-corrected chi connectivity index (χ0v) is 8.93. The third-order valence-corrected chi connectivity index (χ3v) is 2.20. The molecule has 0 fully saturated rings. The maximum atomic E-state index is 8.88. The molecule has 1 aromatic carbocycles. The first-order valence-electron chi connectivity index (χ1n) is 4.95. The van der Waals surface area contributed by atoms with E-state index in [1.165, 1.54) is 0 Å². The maximum Gasteiger partial charge on any atom is 0.0877 e. The van der Waals surface area contributed by atoms with E-state index in [-0.39, 0.29) is 19.7 Å². The van der Waals surface area contributed by atoms with Crippen LogP contribution in [0.5, 0.6) is 0 Å². The molecular formula is C12H13N3O. The first kappa shape index (κ1) is 12.2. The van der Waals surface area contributed by atoms with Crippen LogP contribution < -0.4 is 0 Å². The number of rotatable bonds is 5. The Morgan fingerprint density at radius 1 is 1.00 bits per heavy atom. The monoisotopic (exact) mass is 215 g/mol. The molecule has 82 valence electrons. The average Bonchev–Trinajstić information content (AvgIpc) is 2.31. The van der Waals surface area contributed by atoms with Crippen molar-refractivity contribution in [3.05, 3.63) is 35.4 Å². The largest absolute Gasteiger partial charge is 0.392 e. The summed E-state index contributed by atoms with van der Waals surface area (Å²) in [4.78, 5) is 1.76. The summed E-state index contributed by atoms with van der Waals surface area (Å²) in [6.45, 7) is 1.10. The Labute approximate surface area is 95.0 Å². The number of aliphatic hydroxyl groups is 1. The summed E-state index contributed by atoms with van der Waals surface area (Å²) < 4.78 is 0. The minimum absolute atomic E-state index is 0.0282. The lowest BCUT2D eigenvalue weighted by atomic mass is 10.1. The second-order valence-corrected chi connectivity index (χ2v) is 3.44. The van der Waals surface area contributed by atoms with Gasteiger partial charge >= 0.3 is 0 Å². The Morgan fingerprint density at radius 3 is 1.94 bits per heavy atom. The van der Waals surface area contributed by atoms with Crippen molar-refractivity contribution in [3.8, 4) is 12.1 Å². The van der Waals surface area contributed by atoms with Crippen molar-refractivity contribution >= 4 is 0 Å². The Hall–Kier alpha value is -1.88. The smallest absolute Gasteiger partial charge is 0.0877 e. The number of aliphatic hydroxyl groups excluding tert-OH is 1. The molecule has 0 amide bonds. The van der Waals surface area contributed by atoms with Gasteiger partial charge in [0.25, 0.3) is 0 Å². The zero-order chi connectivity index (χ0) is 11.8. The molecule has 0 unspecified atom stereocenters. The van der Waals surface area contributed by atoms with Crippen LogP contribution in [0.3, 0.4) is 0 Å². The topological polar surface area (TPSA) is 71.0 Å². The quantitative estimate of drug-likeness (QED) is 0.744. The molecular weight excluding hydrogens is 202 g/mol. The van der Waals surface area contributed by atoms with Gasteiger partial charge in [0.1, 0.15) is 0 Å². The van der Waals surface area contributed by atoms with Crippen LogP contribution in [0.15, 0.2) is 24.3 Å². The minimum atomic E-state index is 0.0282. The molecule has 0 aromatic heterocycles. The van der Waals surface area contributed by atoms with Gasteiger partial charge in [-0.3, -0.25) is 4.90 Å². The average molecular weight is 215 g/mol. The maximum absolute atomic E-state index is 8.88. The first-order chi connectivity index (χ1) is 7.80. The lowest BCUT2D eigenvalue weighted by Gasteiger charge is -2.15. The van der Waals surface area contributed by atoms with E-state index in [9.17, 15) is 0 Å². The summed E-state index contributed by atoms with van der Waals surface area (Å²) >= 11 is 0. The number of hydrogen-bond acceptors (Lipinski definition) is 4. The molecule has 0 atom stereocenters. The second-order valence-electron chi connectivity index (χ2n) is 3.44. The normalized spacial score (nSPS) is 9.75. The summed E-state index contributed by atoms with van der Waals surface area (Å²) in [5.41, 5.74) is 1.89. The summed E-state index contributed by atoms with van der Waals surface area (Å²) in [6.07, 6.45) is 0. The van der Waals surface area contributed by atoms with Gasteiger partial charge in [-0.05, 0) is 11.1 Å². The lowest BCUT2D eigenvalue weighted by molar-refractivity contribution is 0.281. The molecule has 1 N–H and O–H groups in total. The van der Waals surface area contributed by atoms with E-state index in [4.69, 9.17) is 15.6 Å². The van der Waals surface area contributed by atoms with Gasteiger partial charge in [-0.2, -0.15) is 10.5 Å². The first-order valence-corrected chi connectivity index (χ1v) is 4.95. The van der Waals surface area contributed by atoms with Crippen molar-refractivity contribution in [3.63, 3.8) is 0 Å². The zero-order valence-electron chi connectivity index (χ0n) is 8.93. The highest BCUT2D eigenvalue weighted by atomic mass is 16.3. The molecule has 0 saturated heterocycles. The highest BCUT2D eigenvalue weighted by molar-refractivity contribution is 5.22. The van der Waals surface area contributed by atoms with Gasteiger partial charge in [0.2, 0.25) is 0 Å². The van der Waals surface area contributed by atoms with Gasteiger partial charge in [-0.25, -0.2) is 0 Å². The van der Waals surface area contributed by atoms with Crippen molar-refractivity contribution < 1.29 is 5.11 Å². The Morgan fingerprint density at radius 2 is 1.50 bits per heavy atom. The molecule has 0 radical (unpaired) electrons. The van der Waals surface area contributed by atoms with Crippen molar-refractivity contribution in [1.29, 1.82) is 10.5 Å². The molecule has 1 aromatic rings. The van der Waals surface area contributed by atoms with E-state index in [1.54, 1.807) is 4.90 Å². The molecule has 0 aliphatic rings. The van der Waals surface area contributed by atoms with Gasteiger partial charge in [0.15, 0.2) is 0 Å². The van der Waals surface area contributed by atoms with E-state index in [0.29, 0.717) is 6.54 Å². The Kier molecular flexibility index (Phi) is 5.01. The van der Waals surface area contributed by atoms with Gasteiger partial charge in [-0.15, -0.1) is 0 Å². The number of benzene rings is 1. The van der Waals surface area contributed by atoms with Gasteiger partial charge in [-0.1, -0.05) is 24.3 Å². The summed E-state index contributed by atoms with van der Waals surface area (Å²) in [7, 11) is 0. The highest BCUT2D eigenvalue weighted by Gasteiger charge is 2.04. The van der Waals surface area contributed by atoms with E-state index in [1.807, 2.05) is 36.4 Å². The predicted molar refractivity (Wildman–Crippen MR) is 58.9 cm³/mol. The van der Waals surface area contributed by atoms with Crippen molar-refractivity contribution in [2.75, 3.05) is 13.1 Å². The lowest BCUT2D eigenvalue weighted by Crippen LogP contribution is -2.23. The van der Waals surface area contributed by atoms with Gasteiger partial charge in [0.05, 0.1) is 31.8 Å². The third-order valence-electron chi connectivity index (χ3n) is 2.20. The van der Waals surface area contributed by atoms with Gasteiger partial charge < -0.3 is 5.11 Å². The number of hydrogen-bond donors (Lipinski definition) is 1. The molecule has 4 heteroatoms. The molecule has 0 aliphatic carbocycles. The summed E-state index contributed by atoms with van der Waals surface area (Å²) in [5.74, 6) is 0. The molecule has 4 nitrogen and oxygen atoms in total. The summed E-state index contributed by atoms with van der Waals surface area (Å²) in [5, 5.41) is 26.1. The van der Waals surface area contributed by atoms with Crippen LogP contribution in [0, 0.1) is 22.7 Å². The standard InChI is InChI=1S/C12H13N3O/c13-5-7-15(8-6-14)9-11-1-3-12(10-16)4-2-11/h1-4,16H,7-10H2. The van der Waals surface area contributed by atoms with Crippen molar-refractivity contribution in [2.24, 2.45) is 0 Å². The SMILES string of the molecule is N#CCN(CC#N)Cc1ccc(CO)cc1. The van der Waals surface area contributed by atoms with Crippen molar-refractivity contribution in [2.45, 2.75) is 13.2 Å². The molecule has 0 heterocycles. The molecule has 1 rings (SSSR count). The Balaban J connectivity index is 2.63. The second kappa shape index (κ2) is 6.58. The third kappa shape index (κ3) is 3.70. The van der Waals surface area contributed by atoms with Gasteiger partial charge in [0, 0.05) is 6.54 Å². The van der Waals surface area contributed by atoms with Crippen LogP contribution in [0.25, 0.3) is 0 Å². The van der Waals surface area contributed by atoms with Crippen LogP contribution in [-0.4, -0.2) is 23.1 Å². The Bertz CT molecular complexity index is 384. The van der Waals surface area contributed by atoms with Crippen LogP contribution >= 0.6 is 0 Å². The molecule has 0 spiro atoms. The molecule has 0 saturated carbocycles. The highest BCUT2D eigenvalue weighted by Crippen LogP contribution is 2.07. The van der Waals surface area contributed by atoms with Crippen LogP contribution in [0.2, 0.25) is 0 Å². The van der Waals surface area contributed by atoms with Crippen molar-refractivity contribution in [1.82, 2.24) is 4.90 Å². The van der Waals surface area contributed by atoms with Crippen LogP contribution in [-0.2, 0) is 13.2 Å². The van der Waals surface area contributed by atoms with E-state index in [0.717, 1.165) is 11.1 Å². The van der Waals surface area contributed by atoms with Crippen LogP contribution in [0.4, 0.5) is 0 Å². The van der Waals surface area contributed by atoms with E-state index < -0.39 is 0 Å². The van der Waals surface area contributed by atoms with Crippen LogP contribution in [0.1, 0.15) is 11.1 Å². The fourth-order valence-electron chi connectivity index (χ4n) is 1.38. The predicted octanol–water partition coefficient (Wildman–Crippen LogP) is 1.03. The van der Waals surface area contributed by atoms with E-state index in [2.05, 4.69) is 0 Å². The molecule has 16 heavy (non-hydrogen) atoms. The molecule has 0 bridgehead atoms. The van der Waals surface area contributed by atoms with E-state index >= 15 is 0 Å². The minimum Gasteiger partial charge on any atom is -0.392 e. The fraction of sp³-hybridized carbons (Fsp3) is 0.333. The number of nitriles is 2.